The van der Waals surface area contributed by atoms with Gasteiger partial charge in [-0.3, -0.25) is 9.59 Å². The molecular weight excluding hydrogens is 991 g/mol. The van der Waals surface area contributed by atoms with Crippen LogP contribution in [-0.2, 0) is 23.8 Å². The summed E-state index contributed by atoms with van der Waals surface area (Å²) in [5.41, 5.74) is 0. The third-order valence-electron chi connectivity index (χ3n) is 13.1. The molecule has 1 aliphatic heterocycles. The zero-order chi connectivity index (χ0) is 57.5. The van der Waals surface area contributed by atoms with Crippen molar-refractivity contribution in [1.29, 1.82) is 0 Å². The van der Waals surface area contributed by atoms with E-state index in [0.717, 1.165) is 109 Å². The van der Waals surface area contributed by atoms with Gasteiger partial charge in [-0.2, -0.15) is 0 Å². The second-order valence-electron chi connectivity index (χ2n) is 20.1. The van der Waals surface area contributed by atoms with Gasteiger partial charge in [0.1, 0.15) is 24.4 Å². The van der Waals surface area contributed by atoms with Crippen LogP contribution in [0.1, 0.15) is 194 Å². The van der Waals surface area contributed by atoms with Crippen LogP contribution in [0.2, 0.25) is 0 Å². The van der Waals surface area contributed by atoms with Crippen molar-refractivity contribution < 1.29 is 49.3 Å². The van der Waals surface area contributed by atoms with Gasteiger partial charge in [-0.05, 0) is 96.3 Å². The van der Waals surface area contributed by atoms with E-state index in [0.29, 0.717) is 12.8 Å². The Kier molecular flexibility index (Phi) is 49.3. The Labute approximate surface area is 478 Å². The van der Waals surface area contributed by atoms with Crippen molar-refractivity contribution in [3.05, 3.63) is 158 Å². The third-order valence-corrected chi connectivity index (χ3v) is 13.1. The monoisotopic (exact) mass is 1100 g/mol. The molecule has 8 unspecified atom stereocenters. The lowest BCUT2D eigenvalue weighted by molar-refractivity contribution is -0.305. The van der Waals surface area contributed by atoms with Gasteiger partial charge < -0.3 is 45.1 Å². The lowest BCUT2D eigenvalue weighted by Crippen LogP contribution is -2.61. The Bertz CT molecular complexity index is 1880. The summed E-state index contributed by atoms with van der Waals surface area (Å²) in [6.07, 6.45) is 68.5. The lowest BCUT2D eigenvalue weighted by atomic mass is 9.99. The van der Waals surface area contributed by atoms with Crippen LogP contribution in [0.3, 0.4) is 0 Å². The molecule has 11 heteroatoms. The fourth-order valence-corrected chi connectivity index (χ4v) is 8.33. The van der Waals surface area contributed by atoms with Crippen molar-refractivity contribution in [3.63, 3.8) is 0 Å². The molecule has 8 atom stereocenters. The first-order chi connectivity index (χ1) is 38.7. The molecule has 0 aliphatic carbocycles. The largest absolute Gasteiger partial charge is 0.454 e. The van der Waals surface area contributed by atoms with Crippen LogP contribution >= 0.6 is 0 Å². The Hall–Kier alpha value is -4.72. The fraction of sp³-hybridized carbons (Fsp3) is 0.588. The van der Waals surface area contributed by atoms with E-state index in [4.69, 9.17) is 14.2 Å². The van der Waals surface area contributed by atoms with Gasteiger partial charge in [-0.15, -0.1) is 0 Å². The molecule has 0 aromatic carbocycles. The van der Waals surface area contributed by atoms with E-state index >= 15 is 0 Å². The number of aliphatic hydroxyl groups excluding tert-OH is 5. The molecule has 11 nitrogen and oxygen atoms in total. The highest BCUT2D eigenvalue weighted by Gasteiger charge is 2.47. The van der Waals surface area contributed by atoms with Crippen LogP contribution in [0.4, 0.5) is 0 Å². The minimum atomic E-state index is -1.65. The number of ether oxygens (including phenoxy) is 3. The summed E-state index contributed by atoms with van der Waals surface area (Å²) in [6.45, 7) is 5.45. The molecule has 1 saturated heterocycles. The number of esters is 1. The Morgan fingerprint density at radius 2 is 0.975 bits per heavy atom. The maximum atomic E-state index is 13.4. The number of nitrogens with one attached hydrogen (secondary N) is 1. The van der Waals surface area contributed by atoms with Crippen LogP contribution in [0.25, 0.3) is 0 Å². The number of carbonyl (C=O) groups is 2. The molecule has 1 rings (SSSR count). The smallest absolute Gasteiger partial charge is 0.306 e. The van der Waals surface area contributed by atoms with Gasteiger partial charge in [0.15, 0.2) is 12.4 Å². The summed E-state index contributed by atoms with van der Waals surface area (Å²) in [6, 6.07) is -1.06. The summed E-state index contributed by atoms with van der Waals surface area (Å²) in [5, 5.41) is 56.9. The van der Waals surface area contributed by atoms with Gasteiger partial charge >= 0.3 is 5.97 Å². The van der Waals surface area contributed by atoms with Crippen molar-refractivity contribution in [2.75, 3.05) is 13.2 Å². The molecule has 0 saturated carbocycles. The number of aliphatic hydroxyl groups is 5. The minimum absolute atomic E-state index is 0.0586. The zero-order valence-electron chi connectivity index (χ0n) is 48.9. The van der Waals surface area contributed by atoms with Gasteiger partial charge in [0.25, 0.3) is 0 Å². The van der Waals surface area contributed by atoms with Crippen LogP contribution < -0.4 is 5.32 Å². The topological polar surface area (TPSA) is 175 Å². The SMILES string of the molecule is CC\C=C/C=C/C=C/C=C\C=C\C=C\CCCCCC(=O)OC1C(OCC(NC(=O)C(O)CCCCC/C=C\C/C=C\C/C=C\C/C=C\C/C=C\C/C=C\CC)C(O)/C=C/CCCCCCCCCCC)OC(CO)C(O)C1O. The van der Waals surface area contributed by atoms with E-state index in [1.54, 1.807) is 6.08 Å². The van der Waals surface area contributed by atoms with Gasteiger partial charge in [-0.1, -0.05) is 249 Å². The van der Waals surface area contributed by atoms with E-state index in [1.165, 1.54) is 38.5 Å². The Morgan fingerprint density at radius 3 is 1.52 bits per heavy atom. The normalized spacial score (nSPS) is 20.0. The number of allylic oxidation sites excluding steroid dienone is 25. The number of hydrogen-bond acceptors (Lipinski definition) is 10. The Balaban J connectivity index is 2.74. The predicted molar refractivity (Wildman–Crippen MR) is 328 cm³/mol. The van der Waals surface area contributed by atoms with E-state index in [1.807, 2.05) is 66.8 Å². The zero-order valence-corrected chi connectivity index (χ0v) is 48.9. The molecule has 1 aliphatic rings. The van der Waals surface area contributed by atoms with Gasteiger partial charge in [0, 0.05) is 6.42 Å². The molecule has 1 heterocycles. The molecule has 1 amide bonds. The van der Waals surface area contributed by atoms with Crippen LogP contribution in [-0.4, -0.2) is 99.6 Å². The fourth-order valence-electron chi connectivity index (χ4n) is 8.33. The van der Waals surface area contributed by atoms with Gasteiger partial charge in [0.2, 0.25) is 5.91 Å². The van der Waals surface area contributed by atoms with E-state index in [-0.39, 0.29) is 19.4 Å². The highest BCUT2D eigenvalue weighted by atomic mass is 16.7. The summed E-state index contributed by atoms with van der Waals surface area (Å²) in [5.74, 6) is -1.28. The van der Waals surface area contributed by atoms with E-state index in [9.17, 15) is 35.1 Å². The molecule has 79 heavy (non-hydrogen) atoms. The number of unbranched alkanes of at least 4 members (excludes halogenated alkanes) is 15. The van der Waals surface area contributed by atoms with Crippen molar-refractivity contribution in [2.24, 2.45) is 0 Å². The number of amides is 1. The number of hydrogen-bond donors (Lipinski definition) is 6. The molecule has 0 aromatic heterocycles. The molecule has 6 N–H and O–H groups in total. The summed E-state index contributed by atoms with van der Waals surface area (Å²) >= 11 is 0. The molecule has 0 radical (unpaired) electrons. The first-order valence-electron chi connectivity index (χ1n) is 30.3. The molecule has 0 spiro atoms. The van der Waals surface area contributed by atoms with Gasteiger partial charge in [-0.25, -0.2) is 0 Å². The van der Waals surface area contributed by atoms with Gasteiger partial charge in [0.05, 0.1) is 25.4 Å². The molecule has 444 valence electrons. The van der Waals surface area contributed by atoms with Crippen molar-refractivity contribution >= 4 is 11.9 Å². The molecule has 0 bridgehead atoms. The standard InChI is InChI=1S/C68H107NO10/c1-4-7-10-13-16-19-22-24-26-28-29-30-31-32-34-35-37-40-43-46-49-52-55-61(72)67(76)69-59(60(71)54-51-48-45-42-39-21-18-15-12-9-6-3)58-77-68-66(65(75)64(74)62(57-70)78-68)79-63(73)56-53-50-47-44-41-38-36-33-27-25-23-20-17-14-11-8-5-2/h7-8,10-11,14,16-17,19-20,23-27,29-30,32-34,36-38,40-41,51,54,59-62,64-66,68,70-72,74-75H,4-6,9,12-13,15,18,21-22,28,31,35,39,42-50,52-53,55-58H2,1-3H3,(H,69,76)/b10-7-,11-8-,17-14+,19-16-,23-20+,26-24-,27-25-,30-29-,34-32-,36-33+,40-37-,41-38+,54-51+. The number of carbonyl (C=O) groups excluding carboxylic acids is 2. The second-order valence-corrected chi connectivity index (χ2v) is 20.1. The minimum Gasteiger partial charge on any atom is -0.454 e. The van der Waals surface area contributed by atoms with Crippen LogP contribution in [0, 0.1) is 0 Å². The van der Waals surface area contributed by atoms with Crippen molar-refractivity contribution in [1.82, 2.24) is 5.32 Å². The maximum absolute atomic E-state index is 13.4. The first kappa shape index (κ1) is 72.3. The maximum Gasteiger partial charge on any atom is 0.306 e. The molecule has 0 aromatic rings. The highest BCUT2D eigenvalue weighted by Crippen LogP contribution is 2.26. The quantitative estimate of drug-likeness (QED) is 0.0149. The van der Waals surface area contributed by atoms with E-state index < -0.39 is 67.4 Å². The third kappa shape index (κ3) is 41.9. The molecular formula is C68H107NO10. The van der Waals surface area contributed by atoms with E-state index in [2.05, 4.69) is 111 Å². The first-order valence-corrected chi connectivity index (χ1v) is 30.3. The average molecular weight is 1100 g/mol. The van der Waals surface area contributed by atoms with Crippen LogP contribution in [0.15, 0.2) is 158 Å². The number of rotatable bonds is 48. The Morgan fingerprint density at radius 1 is 0.519 bits per heavy atom. The van der Waals surface area contributed by atoms with Crippen molar-refractivity contribution in [3.8, 4) is 0 Å². The average Bonchev–Trinajstić information content (AvgIpc) is 3.47. The molecule has 1 fully saturated rings. The second kappa shape index (κ2) is 53.9. The summed E-state index contributed by atoms with van der Waals surface area (Å²) in [4.78, 5) is 26.5. The lowest BCUT2D eigenvalue weighted by Gasteiger charge is -2.41. The van der Waals surface area contributed by atoms with Crippen molar-refractivity contribution in [2.45, 2.75) is 243 Å². The van der Waals surface area contributed by atoms with Crippen LogP contribution in [0.5, 0.6) is 0 Å². The highest BCUT2D eigenvalue weighted by molar-refractivity contribution is 5.80. The summed E-state index contributed by atoms with van der Waals surface area (Å²) < 4.78 is 17.5. The predicted octanol–water partition coefficient (Wildman–Crippen LogP) is 14.4. The summed E-state index contributed by atoms with van der Waals surface area (Å²) in [7, 11) is 0.